The lowest BCUT2D eigenvalue weighted by molar-refractivity contribution is -0.125. The van der Waals surface area contributed by atoms with Crippen molar-refractivity contribution >= 4 is 17.7 Å². The van der Waals surface area contributed by atoms with Crippen molar-refractivity contribution in [2.45, 2.75) is 44.6 Å². The standard InChI is InChI=1S/C28H26N4O3/c1-27-15-12-22-21(24(27)31-32-25(27)33)16-20(17-6-3-2-4-7-17)23(29-22)18-8-10-19(11-9-18)28(13-5-14-28)30-26(34)35/h2-4,6-11,16,30H,5,12-15H2,1H3,(H,32,33)(H,34,35). The predicted molar refractivity (Wildman–Crippen MR) is 133 cm³/mol. The highest BCUT2D eigenvalue weighted by Crippen LogP contribution is 2.44. The Kier molecular flexibility index (Phi) is 4.78. The number of benzene rings is 2. The number of carbonyl (C=O) groups is 2. The van der Waals surface area contributed by atoms with Gasteiger partial charge < -0.3 is 10.4 Å². The SMILES string of the molecule is CC12CCc3nc(-c4ccc(C5(NC(=O)O)CCC5)cc4)c(-c4ccccc4)cc3C1=NNC2=O. The molecular weight excluding hydrogens is 440 g/mol. The molecule has 3 aliphatic rings. The van der Waals surface area contributed by atoms with Crippen LogP contribution in [0.25, 0.3) is 22.4 Å². The second-order valence-electron chi connectivity index (χ2n) is 9.92. The maximum atomic E-state index is 12.5. The van der Waals surface area contributed by atoms with Gasteiger partial charge in [-0.3, -0.25) is 9.78 Å². The van der Waals surface area contributed by atoms with Crippen molar-refractivity contribution in [1.82, 2.24) is 15.7 Å². The van der Waals surface area contributed by atoms with Gasteiger partial charge in [0, 0.05) is 16.7 Å². The molecule has 0 saturated heterocycles. The Morgan fingerprint density at radius 3 is 2.40 bits per heavy atom. The number of hydrogen-bond acceptors (Lipinski definition) is 4. The van der Waals surface area contributed by atoms with Gasteiger partial charge in [-0.2, -0.15) is 5.10 Å². The number of amides is 2. The molecule has 1 fully saturated rings. The highest BCUT2D eigenvalue weighted by Gasteiger charge is 2.47. The molecule has 2 heterocycles. The maximum absolute atomic E-state index is 12.5. The predicted octanol–water partition coefficient (Wildman–Crippen LogP) is 4.85. The number of rotatable bonds is 4. The Bertz CT molecular complexity index is 1380. The first-order valence-electron chi connectivity index (χ1n) is 12.0. The zero-order valence-electron chi connectivity index (χ0n) is 19.5. The second-order valence-corrected chi connectivity index (χ2v) is 9.92. The van der Waals surface area contributed by atoms with Crippen molar-refractivity contribution in [2.75, 3.05) is 0 Å². The van der Waals surface area contributed by atoms with Crippen LogP contribution in [0.4, 0.5) is 4.79 Å². The van der Waals surface area contributed by atoms with E-state index in [1.807, 2.05) is 49.4 Å². The second kappa shape index (κ2) is 7.77. The topological polar surface area (TPSA) is 104 Å². The molecule has 3 aromatic rings. The van der Waals surface area contributed by atoms with Crippen LogP contribution in [-0.4, -0.2) is 27.8 Å². The van der Waals surface area contributed by atoms with E-state index in [1.165, 1.54) is 0 Å². The number of aryl methyl sites for hydroxylation is 1. The number of fused-ring (bicyclic) bond motifs is 3. The van der Waals surface area contributed by atoms with E-state index in [0.717, 1.165) is 64.2 Å². The third-order valence-corrected chi connectivity index (χ3v) is 7.86. The molecule has 2 aliphatic carbocycles. The first-order valence-corrected chi connectivity index (χ1v) is 12.0. The van der Waals surface area contributed by atoms with E-state index < -0.39 is 17.0 Å². The van der Waals surface area contributed by atoms with Gasteiger partial charge in [-0.05, 0) is 56.2 Å². The molecule has 1 saturated carbocycles. The minimum Gasteiger partial charge on any atom is -0.465 e. The smallest absolute Gasteiger partial charge is 0.405 e. The third kappa shape index (κ3) is 3.33. The van der Waals surface area contributed by atoms with Crippen LogP contribution in [0.15, 0.2) is 65.8 Å². The van der Waals surface area contributed by atoms with Gasteiger partial charge in [-0.25, -0.2) is 10.2 Å². The summed E-state index contributed by atoms with van der Waals surface area (Å²) in [6.45, 7) is 1.95. The van der Waals surface area contributed by atoms with Gasteiger partial charge in [0.1, 0.15) is 0 Å². The van der Waals surface area contributed by atoms with Crippen LogP contribution in [0.3, 0.4) is 0 Å². The fourth-order valence-electron chi connectivity index (χ4n) is 5.59. The number of carboxylic acid groups (broad SMARTS) is 1. The summed E-state index contributed by atoms with van der Waals surface area (Å²) in [6.07, 6.45) is 2.99. The quantitative estimate of drug-likeness (QED) is 0.511. The lowest BCUT2D eigenvalue weighted by Gasteiger charge is -2.42. The summed E-state index contributed by atoms with van der Waals surface area (Å²) in [4.78, 5) is 29.0. The molecule has 2 aromatic carbocycles. The molecule has 1 aliphatic heterocycles. The lowest BCUT2D eigenvalue weighted by Crippen LogP contribution is -2.50. The van der Waals surface area contributed by atoms with Crippen molar-refractivity contribution in [3.8, 4) is 22.4 Å². The molecule has 6 rings (SSSR count). The average molecular weight is 467 g/mol. The molecule has 1 aromatic heterocycles. The van der Waals surface area contributed by atoms with E-state index in [9.17, 15) is 14.7 Å². The molecule has 7 heteroatoms. The van der Waals surface area contributed by atoms with E-state index in [1.54, 1.807) is 0 Å². The number of nitrogens with zero attached hydrogens (tertiary/aromatic N) is 2. The van der Waals surface area contributed by atoms with E-state index in [0.29, 0.717) is 12.8 Å². The van der Waals surface area contributed by atoms with Crippen LogP contribution < -0.4 is 10.7 Å². The zero-order chi connectivity index (χ0) is 24.2. The fraction of sp³-hybridized carbons (Fsp3) is 0.286. The molecule has 1 unspecified atom stereocenters. The lowest BCUT2D eigenvalue weighted by atomic mass is 9.71. The van der Waals surface area contributed by atoms with Crippen LogP contribution in [0.1, 0.15) is 49.4 Å². The number of aromatic nitrogens is 1. The molecule has 1 atom stereocenters. The fourth-order valence-corrected chi connectivity index (χ4v) is 5.59. The van der Waals surface area contributed by atoms with Gasteiger partial charge in [-0.1, -0.05) is 54.6 Å². The van der Waals surface area contributed by atoms with Gasteiger partial charge in [-0.15, -0.1) is 0 Å². The third-order valence-electron chi connectivity index (χ3n) is 7.86. The zero-order valence-corrected chi connectivity index (χ0v) is 19.5. The van der Waals surface area contributed by atoms with Gasteiger partial charge in [0.15, 0.2) is 0 Å². The van der Waals surface area contributed by atoms with Gasteiger partial charge in [0.2, 0.25) is 0 Å². The Balaban J connectivity index is 1.46. The highest BCUT2D eigenvalue weighted by atomic mass is 16.4. The normalized spacial score (nSPS) is 21.7. The van der Waals surface area contributed by atoms with Crippen LogP contribution in [-0.2, 0) is 16.8 Å². The van der Waals surface area contributed by atoms with Crippen molar-refractivity contribution < 1.29 is 14.7 Å². The molecule has 35 heavy (non-hydrogen) atoms. The molecule has 7 nitrogen and oxygen atoms in total. The minimum absolute atomic E-state index is 0.0565. The summed E-state index contributed by atoms with van der Waals surface area (Å²) in [6, 6.07) is 20.3. The van der Waals surface area contributed by atoms with Gasteiger partial charge >= 0.3 is 6.09 Å². The molecule has 2 amide bonds. The number of pyridine rings is 1. The van der Waals surface area contributed by atoms with Crippen molar-refractivity contribution in [3.63, 3.8) is 0 Å². The number of hydrogen-bond donors (Lipinski definition) is 3. The van der Waals surface area contributed by atoms with E-state index in [2.05, 4.69) is 34.0 Å². The average Bonchev–Trinajstić information content (AvgIpc) is 3.16. The maximum Gasteiger partial charge on any atom is 0.405 e. The summed E-state index contributed by atoms with van der Waals surface area (Å²) in [7, 11) is 0. The van der Waals surface area contributed by atoms with Crippen molar-refractivity contribution in [1.29, 1.82) is 0 Å². The molecule has 3 N–H and O–H groups in total. The Labute approximate surface area is 203 Å². The monoisotopic (exact) mass is 466 g/mol. The highest BCUT2D eigenvalue weighted by molar-refractivity contribution is 6.21. The molecule has 176 valence electrons. The van der Waals surface area contributed by atoms with Crippen LogP contribution in [0, 0.1) is 5.41 Å². The van der Waals surface area contributed by atoms with Gasteiger partial charge in [0.05, 0.1) is 28.1 Å². The summed E-state index contributed by atoms with van der Waals surface area (Å²) < 4.78 is 0. The molecule has 0 radical (unpaired) electrons. The molecular formula is C28H26N4O3. The van der Waals surface area contributed by atoms with Crippen molar-refractivity contribution in [2.24, 2.45) is 10.5 Å². The van der Waals surface area contributed by atoms with Crippen molar-refractivity contribution in [3.05, 3.63) is 77.5 Å². The summed E-state index contributed by atoms with van der Waals surface area (Å²) in [5, 5.41) is 16.4. The Hall–Kier alpha value is -4.00. The first kappa shape index (κ1) is 21.5. The van der Waals surface area contributed by atoms with Crippen LogP contribution >= 0.6 is 0 Å². The van der Waals surface area contributed by atoms with E-state index in [-0.39, 0.29) is 5.91 Å². The summed E-state index contributed by atoms with van der Waals surface area (Å²) in [5.74, 6) is -0.0565. The van der Waals surface area contributed by atoms with E-state index in [4.69, 9.17) is 4.98 Å². The largest absolute Gasteiger partial charge is 0.465 e. The molecule has 0 bridgehead atoms. The first-order chi connectivity index (χ1) is 16.9. The minimum atomic E-state index is -0.994. The van der Waals surface area contributed by atoms with Crippen LogP contribution in [0.2, 0.25) is 0 Å². The number of nitrogens with one attached hydrogen (secondary N) is 2. The number of carbonyl (C=O) groups excluding carboxylic acids is 1. The summed E-state index contributed by atoms with van der Waals surface area (Å²) in [5.41, 5.74) is 9.01. The van der Waals surface area contributed by atoms with E-state index >= 15 is 0 Å². The number of hydrazone groups is 1. The van der Waals surface area contributed by atoms with Crippen LogP contribution in [0.5, 0.6) is 0 Å². The molecule has 0 spiro atoms. The van der Waals surface area contributed by atoms with Gasteiger partial charge in [0.25, 0.3) is 5.91 Å². The Morgan fingerprint density at radius 1 is 1.00 bits per heavy atom. The summed E-state index contributed by atoms with van der Waals surface area (Å²) >= 11 is 0. The Morgan fingerprint density at radius 2 is 1.74 bits per heavy atom.